The third-order valence-corrected chi connectivity index (χ3v) is 3.97. The molecular weight excluding hydrogens is 252 g/mol. The lowest BCUT2D eigenvalue weighted by atomic mass is 10.3. The van der Waals surface area contributed by atoms with Crippen molar-refractivity contribution in [1.29, 1.82) is 0 Å². The Morgan fingerprint density at radius 1 is 1.05 bits per heavy atom. The van der Waals surface area contributed by atoms with E-state index in [1.54, 1.807) is 6.33 Å². The monoisotopic (exact) mass is 274 g/mol. The first-order chi connectivity index (χ1) is 9.83. The number of likely N-dealkylation sites (N-methyl/N-ethyl adjacent to an activating group) is 1. The summed E-state index contributed by atoms with van der Waals surface area (Å²) in [6.45, 7) is 10.7. The molecular formula is C14H22N6. The summed E-state index contributed by atoms with van der Waals surface area (Å²) in [5, 5.41) is 0. The van der Waals surface area contributed by atoms with Gasteiger partial charge in [0, 0.05) is 32.7 Å². The normalized spacial score (nSPS) is 17.0. The van der Waals surface area contributed by atoms with Gasteiger partial charge in [0.1, 0.15) is 6.33 Å². The molecule has 0 aliphatic carbocycles. The van der Waals surface area contributed by atoms with E-state index in [0.29, 0.717) is 0 Å². The third kappa shape index (κ3) is 2.35. The van der Waals surface area contributed by atoms with E-state index >= 15 is 0 Å². The lowest BCUT2D eigenvalue weighted by Gasteiger charge is -2.34. The fourth-order valence-electron chi connectivity index (χ4n) is 2.78. The number of imidazole rings is 1. The van der Waals surface area contributed by atoms with E-state index in [4.69, 9.17) is 0 Å². The van der Waals surface area contributed by atoms with Gasteiger partial charge in [-0.1, -0.05) is 13.8 Å². The van der Waals surface area contributed by atoms with Gasteiger partial charge >= 0.3 is 0 Å². The summed E-state index contributed by atoms with van der Waals surface area (Å²) in [5.41, 5.74) is 1.89. The van der Waals surface area contributed by atoms with Crippen molar-refractivity contribution in [3.8, 4) is 0 Å². The molecule has 0 spiro atoms. The lowest BCUT2D eigenvalue weighted by Crippen LogP contribution is -2.46. The number of aryl methyl sites for hydroxylation is 1. The number of aromatic nitrogens is 4. The Bertz CT molecular complexity index is 570. The van der Waals surface area contributed by atoms with E-state index in [-0.39, 0.29) is 0 Å². The molecule has 0 amide bonds. The van der Waals surface area contributed by atoms with Gasteiger partial charge in [0.15, 0.2) is 17.0 Å². The van der Waals surface area contributed by atoms with Crippen molar-refractivity contribution in [1.82, 2.24) is 24.4 Å². The van der Waals surface area contributed by atoms with Crippen LogP contribution in [0.2, 0.25) is 0 Å². The van der Waals surface area contributed by atoms with Crippen molar-refractivity contribution in [3.63, 3.8) is 0 Å². The molecule has 0 unspecified atom stereocenters. The fraction of sp³-hybridized carbons (Fsp3) is 0.643. The molecule has 1 saturated heterocycles. The summed E-state index contributed by atoms with van der Waals surface area (Å²) in [6, 6.07) is 0. The van der Waals surface area contributed by atoms with Gasteiger partial charge < -0.3 is 14.4 Å². The highest BCUT2D eigenvalue weighted by Crippen LogP contribution is 2.22. The number of anilines is 1. The molecule has 1 aliphatic heterocycles. The van der Waals surface area contributed by atoms with Gasteiger partial charge in [-0.2, -0.15) is 0 Å². The maximum absolute atomic E-state index is 4.53. The minimum Gasteiger partial charge on any atom is -0.352 e. The van der Waals surface area contributed by atoms with Crippen molar-refractivity contribution < 1.29 is 0 Å². The van der Waals surface area contributed by atoms with Crippen LogP contribution in [0.25, 0.3) is 11.2 Å². The molecule has 6 nitrogen and oxygen atoms in total. The quantitative estimate of drug-likeness (QED) is 0.843. The van der Waals surface area contributed by atoms with Crippen molar-refractivity contribution in [3.05, 3.63) is 12.7 Å². The topological polar surface area (TPSA) is 50.1 Å². The van der Waals surface area contributed by atoms with Gasteiger partial charge in [-0.15, -0.1) is 0 Å². The van der Waals surface area contributed by atoms with Crippen LogP contribution in [0.5, 0.6) is 0 Å². The fourth-order valence-corrected chi connectivity index (χ4v) is 2.78. The van der Waals surface area contributed by atoms with E-state index in [1.165, 1.54) is 0 Å². The van der Waals surface area contributed by atoms with Crippen molar-refractivity contribution >= 4 is 17.0 Å². The third-order valence-electron chi connectivity index (χ3n) is 3.97. The van der Waals surface area contributed by atoms with Gasteiger partial charge in [0.05, 0.1) is 6.33 Å². The highest BCUT2D eigenvalue weighted by molar-refractivity contribution is 5.83. The smallest absolute Gasteiger partial charge is 0.165 e. The first kappa shape index (κ1) is 13.3. The summed E-state index contributed by atoms with van der Waals surface area (Å²) in [6.07, 6.45) is 4.63. The summed E-state index contributed by atoms with van der Waals surface area (Å²) in [7, 11) is 0. The summed E-state index contributed by atoms with van der Waals surface area (Å²) in [5.74, 6) is 0.987. The Kier molecular flexibility index (Phi) is 3.82. The Labute approximate surface area is 119 Å². The maximum atomic E-state index is 4.53. The van der Waals surface area contributed by atoms with Crippen LogP contribution in [0.4, 0.5) is 5.82 Å². The second-order valence-corrected chi connectivity index (χ2v) is 5.23. The number of hydrogen-bond acceptors (Lipinski definition) is 5. The van der Waals surface area contributed by atoms with E-state index in [0.717, 1.165) is 62.7 Å². The van der Waals surface area contributed by atoms with Gasteiger partial charge in [-0.3, -0.25) is 0 Å². The van der Waals surface area contributed by atoms with E-state index in [1.807, 2.05) is 6.33 Å². The largest absolute Gasteiger partial charge is 0.352 e. The van der Waals surface area contributed by atoms with Crippen LogP contribution in [0.15, 0.2) is 12.7 Å². The van der Waals surface area contributed by atoms with Gasteiger partial charge in [0.25, 0.3) is 0 Å². The van der Waals surface area contributed by atoms with Crippen molar-refractivity contribution in [2.24, 2.45) is 0 Å². The molecule has 3 heterocycles. The molecule has 0 N–H and O–H groups in total. The Balaban J connectivity index is 1.88. The molecule has 0 aromatic carbocycles. The number of hydrogen-bond donors (Lipinski definition) is 0. The minimum atomic E-state index is 0.936. The van der Waals surface area contributed by atoms with Crippen LogP contribution in [-0.2, 0) is 6.54 Å². The summed E-state index contributed by atoms with van der Waals surface area (Å²) in [4.78, 5) is 18.2. The molecule has 0 bridgehead atoms. The standard InChI is InChI=1S/C14H22N6/c1-3-5-20-11-17-12-13(15-10-16-14(12)20)19-8-6-18(4-2)7-9-19/h10-11H,3-9H2,1-2H3. The molecule has 2 aromatic heterocycles. The van der Waals surface area contributed by atoms with Crippen LogP contribution in [0.1, 0.15) is 20.3 Å². The number of rotatable bonds is 4. The zero-order valence-electron chi connectivity index (χ0n) is 12.3. The molecule has 1 aliphatic rings. The Hall–Kier alpha value is -1.69. The van der Waals surface area contributed by atoms with Crippen LogP contribution < -0.4 is 4.90 Å². The predicted molar refractivity (Wildman–Crippen MR) is 79.9 cm³/mol. The Morgan fingerprint density at radius 3 is 2.55 bits per heavy atom. The number of fused-ring (bicyclic) bond motifs is 1. The molecule has 0 radical (unpaired) electrons. The number of piperazine rings is 1. The SMILES string of the molecule is CCCn1cnc2c(N3CCN(CC)CC3)ncnc21. The van der Waals surface area contributed by atoms with Gasteiger partial charge in [-0.25, -0.2) is 15.0 Å². The van der Waals surface area contributed by atoms with Crippen LogP contribution in [0, 0.1) is 0 Å². The molecule has 20 heavy (non-hydrogen) atoms. The molecule has 6 heteroatoms. The molecule has 3 rings (SSSR count). The van der Waals surface area contributed by atoms with Crippen LogP contribution in [-0.4, -0.2) is 57.1 Å². The van der Waals surface area contributed by atoms with Crippen LogP contribution >= 0.6 is 0 Å². The second-order valence-electron chi connectivity index (χ2n) is 5.23. The lowest BCUT2D eigenvalue weighted by molar-refractivity contribution is 0.270. The average molecular weight is 274 g/mol. The first-order valence-electron chi connectivity index (χ1n) is 7.46. The van der Waals surface area contributed by atoms with Gasteiger partial charge in [-0.05, 0) is 13.0 Å². The minimum absolute atomic E-state index is 0.936. The van der Waals surface area contributed by atoms with Crippen molar-refractivity contribution in [2.75, 3.05) is 37.6 Å². The highest BCUT2D eigenvalue weighted by Gasteiger charge is 2.20. The van der Waals surface area contributed by atoms with Crippen molar-refractivity contribution in [2.45, 2.75) is 26.8 Å². The molecule has 2 aromatic rings. The second kappa shape index (κ2) is 5.75. The van der Waals surface area contributed by atoms with Gasteiger partial charge in [0.2, 0.25) is 0 Å². The highest BCUT2D eigenvalue weighted by atomic mass is 15.3. The molecule has 0 saturated carbocycles. The predicted octanol–water partition coefficient (Wildman–Crippen LogP) is 1.38. The first-order valence-corrected chi connectivity index (χ1v) is 7.46. The zero-order chi connectivity index (χ0) is 13.9. The summed E-state index contributed by atoms with van der Waals surface area (Å²) >= 11 is 0. The van der Waals surface area contributed by atoms with E-state index in [9.17, 15) is 0 Å². The zero-order valence-corrected chi connectivity index (χ0v) is 12.3. The van der Waals surface area contributed by atoms with Crippen LogP contribution in [0.3, 0.4) is 0 Å². The maximum Gasteiger partial charge on any atom is 0.165 e. The van der Waals surface area contributed by atoms with E-state index in [2.05, 4.69) is 43.2 Å². The molecule has 0 atom stereocenters. The summed E-state index contributed by atoms with van der Waals surface area (Å²) < 4.78 is 2.11. The van der Waals surface area contributed by atoms with E-state index < -0.39 is 0 Å². The number of nitrogens with zero attached hydrogens (tertiary/aromatic N) is 6. The average Bonchev–Trinajstić information content (AvgIpc) is 2.91. The molecule has 108 valence electrons. The molecule has 1 fully saturated rings. The Morgan fingerprint density at radius 2 is 1.85 bits per heavy atom.